The maximum atomic E-state index is 11.8. The fraction of sp³-hybridized carbons (Fsp3) is 0.727. The molecule has 0 aliphatic heterocycles. The van der Waals surface area contributed by atoms with Crippen molar-refractivity contribution in [1.29, 1.82) is 0 Å². The van der Waals surface area contributed by atoms with Crippen LogP contribution in [0.5, 0.6) is 0 Å². The number of hydrogen-bond donors (Lipinski definition) is 1. The summed E-state index contributed by atoms with van der Waals surface area (Å²) < 4.78 is 6.73. The number of nitrogens with one attached hydrogen (secondary N) is 1. The number of carbonyl (C=O) groups is 1. The van der Waals surface area contributed by atoms with E-state index in [2.05, 4.69) is 15.4 Å². The highest BCUT2D eigenvalue weighted by atomic mass is 32.2. The van der Waals surface area contributed by atoms with Gasteiger partial charge in [-0.1, -0.05) is 25.6 Å². The van der Waals surface area contributed by atoms with E-state index in [4.69, 9.17) is 4.74 Å². The second-order valence-electron chi connectivity index (χ2n) is 4.10. The van der Waals surface area contributed by atoms with Crippen LogP contribution in [0.4, 0.5) is 0 Å². The number of hydrogen-bond acceptors (Lipinski definition) is 6. The Morgan fingerprint density at radius 2 is 2.33 bits per heavy atom. The minimum atomic E-state index is -0.327. The second-order valence-corrected chi connectivity index (χ2v) is 5.09. The van der Waals surface area contributed by atoms with Crippen molar-refractivity contribution < 1.29 is 9.53 Å². The predicted octanol–water partition coefficient (Wildman–Crippen LogP) is 0.837. The number of aryl methyl sites for hydroxylation is 1. The van der Waals surface area contributed by atoms with Crippen molar-refractivity contribution in [2.24, 2.45) is 7.05 Å². The molecule has 1 rings (SSSR count). The molecular weight excluding hydrogens is 252 g/mol. The van der Waals surface area contributed by atoms with Gasteiger partial charge >= 0.3 is 5.97 Å². The lowest BCUT2D eigenvalue weighted by Crippen LogP contribution is -2.43. The first kappa shape index (κ1) is 15.0. The van der Waals surface area contributed by atoms with E-state index in [-0.39, 0.29) is 18.1 Å². The zero-order chi connectivity index (χ0) is 13.5. The van der Waals surface area contributed by atoms with Crippen molar-refractivity contribution in [3.8, 4) is 0 Å². The van der Waals surface area contributed by atoms with Gasteiger partial charge in [0.05, 0.1) is 6.61 Å². The van der Waals surface area contributed by atoms with E-state index in [1.807, 2.05) is 20.9 Å². The average molecular weight is 272 g/mol. The fourth-order valence-corrected chi connectivity index (χ4v) is 2.31. The number of carbonyl (C=O) groups excluding carboxylic acids is 1. The summed E-state index contributed by atoms with van der Waals surface area (Å²) in [5, 5.41) is 7.97. The molecule has 0 saturated heterocycles. The first-order chi connectivity index (χ1) is 8.54. The molecule has 1 aromatic heterocycles. The molecule has 0 spiro atoms. The van der Waals surface area contributed by atoms with Crippen LogP contribution in [0.25, 0.3) is 0 Å². The molecule has 0 aromatic carbocycles. The Bertz CT molecular complexity index is 381. The standard InChI is InChI=1S/C11H20N4O2S/c1-5-17-10(16)9(14-8(2)3)6-18-11-12-7-13-15(11)4/h7-9,14H,5-6H2,1-4H3. The van der Waals surface area contributed by atoms with Gasteiger partial charge in [-0.3, -0.25) is 4.79 Å². The van der Waals surface area contributed by atoms with E-state index >= 15 is 0 Å². The van der Waals surface area contributed by atoms with Crippen molar-refractivity contribution in [2.45, 2.75) is 38.0 Å². The average Bonchev–Trinajstić information content (AvgIpc) is 2.70. The van der Waals surface area contributed by atoms with Crippen LogP contribution in [0.3, 0.4) is 0 Å². The number of esters is 1. The summed E-state index contributed by atoms with van der Waals surface area (Å²) in [4.78, 5) is 15.9. The molecule has 1 unspecified atom stereocenters. The maximum absolute atomic E-state index is 11.8. The van der Waals surface area contributed by atoms with E-state index in [1.54, 1.807) is 11.6 Å². The zero-order valence-corrected chi connectivity index (χ0v) is 12.0. The van der Waals surface area contributed by atoms with Gasteiger partial charge in [0, 0.05) is 18.8 Å². The second kappa shape index (κ2) is 7.38. The van der Waals surface area contributed by atoms with Crippen LogP contribution in [0.1, 0.15) is 20.8 Å². The molecule has 0 fully saturated rings. The molecule has 0 radical (unpaired) electrons. The molecule has 1 N–H and O–H groups in total. The third kappa shape index (κ3) is 4.66. The third-order valence-corrected chi connectivity index (χ3v) is 3.28. The molecule has 18 heavy (non-hydrogen) atoms. The normalized spacial score (nSPS) is 12.7. The Morgan fingerprint density at radius 1 is 1.61 bits per heavy atom. The van der Waals surface area contributed by atoms with Crippen LogP contribution >= 0.6 is 11.8 Å². The lowest BCUT2D eigenvalue weighted by molar-refractivity contribution is -0.145. The number of rotatable bonds is 7. The summed E-state index contributed by atoms with van der Waals surface area (Å²) in [6, 6.07) is -0.105. The van der Waals surface area contributed by atoms with E-state index in [1.165, 1.54) is 18.1 Å². The van der Waals surface area contributed by atoms with Gasteiger partial charge in [0.15, 0.2) is 5.16 Å². The van der Waals surface area contributed by atoms with Crippen LogP contribution in [0, 0.1) is 0 Å². The van der Waals surface area contributed by atoms with Gasteiger partial charge in [0.25, 0.3) is 0 Å². The molecule has 0 amide bonds. The molecule has 0 bridgehead atoms. The fourth-order valence-electron chi connectivity index (χ4n) is 1.40. The summed E-state index contributed by atoms with van der Waals surface area (Å²) in [5.41, 5.74) is 0. The first-order valence-electron chi connectivity index (χ1n) is 5.94. The molecule has 0 saturated carbocycles. The van der Waals surface area contributed by atoms with Crippen molar-refractivity contribution in [3.63, 3.8) is 0 Å². The summed E-state index contributed by atoms with van der Waals surface area (Å²) in [6.45, 7) is 6.20. The monoisotopic (exact) mass is 272 g/mol. The van der Waals surface area contributed by atoms with Gasteiger partial charge in [-0.25, -0.2) is 9.67 Å². The van der Waals surface area contributed by atoms with E-state index in [0.717, 1.165) is 5.16 Å². The molecule has 1 aromatic rings. The Hall–Kier alpha value is -1.08. The topological polar surface area (TPSA) is 69.0 Å². The van der Waals surface area contributed by atoms with Crippen LogP contribution in [0.2, 0.25) is 0 Å². The van der Waals surface area contributed by atoms with Gasteiger partial charge in [0.2, 0.25) is 0 Å². The number of thioether (sulfide) groups is 1. The highest BCUT2D eigenvalue weighted by molar-refractivity contribution is 7.99. The number of nitrogens with zero attached hydrogens (tertiary/aromatic N) is 3. The van der Waals surface area contributed by atoms with Crippen LogP contribution < -0.4 is 5.32 Å². The molecule has 6 nitrogen and oxygen atoms in total. The van der Waals surface area contributed by atoms with Crippen LogP contribution in [-0.2, 0) is 16.6 Å². The predicted molar refractivity (Wildman–Crippen MR) is 70.4 cm³/mol. The Balaban J connectivity index is 2.55. The Labute approximate surface area is 111 Å². The summed E-state index contributed by atoms with van der Waals surface area (Å²) >= 11 is 1.48. The summed E-state index contributed by atoms with van der Waals surface area (Å²) in [5.74, 6) is 0.352. The van der Waals surface area contributed by atoms with Crippen molar-refractivity contribution in [2.75, 3.05) is 12.4 Å². The molecule has 7 heteroatoms. The van der Waals surface area contributed by atoms with Crippen LogP contribution in [-0.4, -0.2) is 45.2 Å². The zero-order valence-electron chi connectivity index (χ0n) is 11.2. The van der Waals surface area contributed by atoms with Gasteiger partial charge in [-0.05, 0) is 6.92 Å². The van der Waals surface area contributed by atoms with Crippen molar-refractivity contribution in [1.82, 2.24) is 20.1 Å². The first-order valence-corrected chi connectivity index (χ1v) is 6.92. The van der Waals surface area contributed by atoms with Gasteiger partial charge in [0.1, 0.15) is 12.4 Å². The lowest BCUT2D eigenvalue weighted by atomic mass is 10.3. The smallest absolute Gasteiger partial charge is 0.324 e. The molecular formula is C11H20N4O2S. The maximum Gasteiger partial charge on any atom is 0.324 e. The van der Waals surface area contributed by atoms with Gasteiger partial charge in [-0.2, -0.15) is 5.10 Å². The van der Waals surface area contributed by atoms with Crippen LogP contribution in [0.15, 0.2) is 11.5 Å². The lowest BCUT2D eigenvalue weighted by Gasteiger charge is -2.18. The summed E-state index contributed by atoms with van der Waals surface area (Å²) in [6.07, 6.45) is 1.50. The molecule has 0 aliphatic rings. The molecule has 0 aliphatic carbocycles. The largest absolute Gasteiger partial charge is 0.465 e. The van der Waals surface area contributed by atoms with Crippen molar-refractivity contribution in [3.05, 3.63) is 6.33 Å². The molecule has 1 heterocycles. The molecule has 102 valence electrons. The minimum Gasteiger partial charge on any atom is -0.465 e. The highest BCUT2D eigenvalue weighted by Gasteiger charge is 2.21. The number of aromatic nitrogens is 3. The van der Waals surface area contributed by atoms with Gasteiger partial charge < -0.3 is 10.1 Å². The summed E-state index contributed by atoms with van der Waals surface area (Å²) in [7, 11) is 1.82. The third-order valence-electron chi connectivity index (χ3n) is 2.15. The number of ether oxygens (including phenoxy) is 1. The Morgan fingerprint density at radius 3 is 2.83 bits per heavy atom. The molecule has 1 atom stereocenters. The van der Waals surface area contributed by atoms with E-state index in [0.29, 0.717) is 12.4 Å². The minimum absolute atomic E-state index is 0.221. The van der Waals surface area contributed by atoms with E-state index in [9.17, 15) is 4.79 Å². The highest BCUT2D eigenvalue weighted by Crippen LogP contribution is 2.15. The van der Waals surface area contributed by atoms with E-state index < -0.39 is 0 Å². The Kier molecular flexibility index (Phi) is 6.14. The SMILES string of the molecule is CCOC(=O)C(CSc1ncnn1C)NC(C)C. The van der Waals surface area contributed by atoms with Gasteiger partial charge in [-0.15, -0.1) is 0 Å². The van der Waals surface area contributed by atoms with Crippen molar-refractivity contribution >= 4 is 17.7 Å². The quantitative estimate of drug-likeness (QED) is 0.586.